The summed E-state index contributed by atoms with van der Waals surface area (Å²) in [6.07, 6.45) is 18.1. The van der Waals surface area contributed by atoms with Crippen LogP contribution in [0.3, 0.4) is 0 Å². The van der Waals surface area contributed by atoms with Crippen LogP contribution in [-0.4, -0.2) is 66.6 Å². The van der Waals surface area contributed by atoms with E-state index in [1.807, 2.05) is 32.1 Å². The van der Waals surface area contributed by atoms with Crippen LogP contribution in [0, 0.1) is 31.1 Å². The van der Waals surface area contributed by atoms with Gasteiger partial charge in [-0.1, -0.05) is 102 Å². The van der Waals surface area contributed by atoms with Crippen molar-refractivity contribution in [1.82, 2.24) is 20.0 Å². The van der Waals surface area contributed by atoms with Crippen LogP contribution in [0.5, 0.6) is 0 Å². The van der Waals surface area contributed by atoms with Gasteiger partial charge in [-0.25, -0.2) is 0 Å². The summed E-state index contributed by atoms with van der Waals surface area (Å²) >= 11 is 0. The van der Waals surface area contributed by atoms with Gasteiger partial charge < -0.3 is 15.1 Å². The smallest absolute Gasteiger partial charge is 0.101 e. The lowest BCUT2D eigenvalue weighted by Gasteiger charge is -2.34. The van der Waals surface area contributed by atoms with Gasteiger partial charge in [-0.15, -0.1) is 0 Å². The number of nitrogens with zero attached hydrogens (tertiary/aromatic N) is 4. The highest BCUT2D eigenvalue weighted by atomic mass is 15.3. The van der Waals surface area contributed by atoms with Crippen molar-refractivity contribution in [2.45, 2.75) is 99.5 Å². The van der Waals surface area contributed by atoms with E-state index in [2.05, 4.69) is 104 Å². The molecular formula is C40H65N5. The minimum atomic E-state index is 0.582. The largest absolute Gasteiger partial charge is 0.358 e. The zero-order chi connectivity index (χ0) is 33.5. The van der Waals surface area contributed by atoms with Crippen LogP contribution >= 0.6 is 0 Å². The van der Waals surface area contributed by atoms with E-state index in [4.69, 9.17) is 0 Å². The zero-order valence-electron chi connectivity index (χ0n) is 30.0. The number of unbranched alkanes of at least 4 members (excludes halogenated alkanes) is 2. The highest BCUT2D eigenvalue weighted by Crippen LogP contribution is 2.25. The molecule has 2 fully saturated rings. The molecule has 2 saturated heterocycles. The minimum absolute atomic E-state index is 0.582. The van der Waals surface area contributed by atoms with Gasteiger partial charge in [-0.2, -0.15) is 5.26 Å². The van der Waals surface area contributed by atoms with Gasteiger partial charge in [0.2, 0.25) is 0 Å². The number of nitrogens with one attached hydrogen (secondary N) is 1. The third-order valence-electron chi connectivity index (χ3n) is 8.66. The second-order valence-electron chi connectivity index (χ2n) is 12.1. The van der Waals surface area contributed by atoms with Crippen LogP contribution in [-0.2, 0) is 0 Å². The molecule has 3 rings (SSSR count). The highest BCUT2D eigenvalue weighted by molar-refractivity contribution is 5.28. The Balaban J connectivity index is 0.000000864. The van der Waals surface area contributed by atoms with Gasteiger partial charge in [0.1, 0.15) is 5.82 Å². The maximum atomic E-state index is 9.39. The van der Waals surface area contributed by atoms with Gasteiger partial charge in [-0.05, 0) is 95.6 Å². The Morgan fingerprint density at radius 3 is 2.27 bits per heavy atom. The molecule has 2 heterocycles. The summed E-state index contributed by atoms with van der Waals surface area (Å²) in [5.41, 5.74) is 4.89. The number of allylic oxidation sites excluding steroid dienone is 6. The molecule has 0 radical (unpaired) electrons. The van der Waals surface area contributed by atoms with Crippen molar-refractivity contribution in [3.8, 4) is 6.07 Å². The SMILES string of the molecule is C=C/C=C\C=C(\C#N)CN1CCC(NCC2CCN(C(=C)N(CCCCC)C(C)=CCC)C2)CC1.CC.Cc1ccccc1C. The Bertz CT molecular complexity index is 1080. The fourth-order valence-electron chi connectivity index (χ4n) is 5.75. The fraction of sp³-hybridized carbons (Fsp3) is 0.575. The average molecular weight is 616 g/mol. The van der Waals surface area contributed by atoms with E-state index in [1.54, 1.807) is 6.08 Å². The number of hydrogen-bond donors (Lipinski definition) is 1. The molecule has 1 aromatic rings. The van der Waals surface area contributed by atoms with E-state index in [-0.39, 0.29) is 0 Å². The predicted molar refractivity (Wildman–Crippen MR) is 197 cm³/mol. The lowest BCUT2D eigenvalue weighted by Crippen LogP contribution is -2.44. The molecule has 0 saturated carbocycles. The summed E-state index contributed by atoms with van der Waals surface area (Å²) in [6.45, 7) is 30.3. The third kappa shape index (κ3) is 15.7. The van der Waals surface area contributed by atoms with Crippen LogP contribution in [0.2, 0.25) is 0 Å². The molecule has 2 aliphatic heterocycles. The molecule has 1 aromatic carbocycles. The first-order chi connectivity index (χ1) is 21.8. The van der Waals surface area contributed by atoms with Crippen molar-refractivity contribution in [1.29, 1.82) is 5.26 Å². The van der Waals surface area contributed by atoms with Crippen LogP contribution < -0.4 is 5.32 Å². The van der Waals surface area contributed by atoms with Gasteiger partial charge in [0, 0.05) is 43.5 Å². The topological polar surface area (TPSA) is 45.5 Å². The van der Waals surface area contributed by atoms with Crippen molar-refractivity contribution in [2.24, 2.45) is 5.92 Å². The van der Waals surface area contributed by atoms with Crippen molar-refractivity contribution in [3.63, 3.8) is 0 Å². The normalized spacial score (nSPS) is 17.6. The molecule has 0 bridgehead atoms. The highest BCUT2D eigenvalue weighted by Gasteiger charge is 2.27. The second kappa shape index (κ2) is 24.2. The van der Waals surface area contributed by atoms with Gasteiger partial charge in [0.05, 0.1) is 6.07 Å². The molecular weight excluding hydrogens is 550 g/mol. The van der Waals surface area contributed by atoms with E-state index >= 15 is 0 Å². The lowest BCUT2D eigenvalue weighted by atomic mass is 10.0. The first-order valence-electron chi connectivity index (χ1n) is 17.6. The van der Waals surface area contributed by atoms with Gasteiger partial charge in [0.15, 0.2) is 0 Å². The number of hydrogen-bond acceptors (Lipinski definition) is 5. The Kier molecular flexibility index (Phi) is 21.5. The van der Waals surface area contributed by atoms with E-state index in [0.29, 0.717) is 12.0 Å². The average Bonchev–Trinajstić information content (AvgIpc) is 3.54. The number of likely N-dealkylation sites (tertiary alicyclic amines) is 2. The summed E-state index contributed by atoms with van der Waals surface area (Å²) in [6, 6.07) is 11.3. The third-order valence-corrected chi connectivity index (χ3v) is 8.66. The molecule has 45 heavy (non-hydrogen) atoms. The second-order valence-corrected chi connectivity index (χ2v) is 12.1. The quantitative estimate of drug-likeness (QED) is 0.121. The molecule has 250 valence electrons. The summed E-state index contributed by atoms with van der Waals surface area (Å²) < 4.78 is 0. The number of aryl methyl sites for hydroxylation is 2. The van der Waals surface area contributed by atoms with Crippen molar-refractivity contribution in [2.75, 3.05) is 45.8 Å². The number of piperidine rings is 1. The van der Waals surface area contributed by atoms with Crippen LogP contribution in [0.4, 0.5) is 0 Å². The first-order valence-corrected chi connectivity index (χ1v) is 17.6. The fourth-order valence-corrected chi connectivity index (χ4v) is 5.75. The molecule has 0 aliphatic carbocycles. The Labute approximate surface area is 278 Å². The van der Waals surface area contributed by atoms with Gasteiger partial charge >= 0.3 is 0 Å². The van der Waals surface area contributed by atoms with E-state index in [1.165, 1.54) is 48.3 Å². The van der Waals surface area contributed by atoms with E-state index in [0.717, 1.165) is 70.6 Å². The van der Waals surface area contributed by atoms with E-state index in [9.17, 15) is 5.26 Å². The molecule has 5 heteroatoms. The molecule has 1 atom stereocenters. The van der Waals surface area contributed by atoms with Crippen LogP contribution in [0.25, 0.3) is 0 Å². The maximum Gasteiger partial charge on any atom is 0.101 e. The summed E-state index contributed by atoms with van der Waals surface area (Å²) in [7, 11) is 0. The summed E-state index contributed by atoms with van der Waals surface area (Å²) in [5.74, 6) is 1.87. The summed E-state index contributed by atoms with van der Waals surface area (Å²) in [4.78, 5) is 7.35. The Morgan fingerprint density at radius 1 is 1.04 bits per heavy atom. The molecule has 5 nitrogen and oxygen atoms in total. The Morgan fingerprint density at radius 2 is 1.71 bits per heavy atom. The zero-order valence-corrected chi connectivity index (χ0v) is 30.0. The molecule has 0 amide bonds. The Hall–Kier alpha value is -3.07. The van der Waals surface area contributed by atoms with E-state index < -0.39 is 0 Å². The monoisotopic (exact) mass is 616 g/mol. The molecule has 1 unspecified atom stereocenters. The number of benzene rings is 1. The van der Waals surface area contributed by atoms with Gasteiger partial charge in [-0.3, -0.25) is 4.90 Å². The minimum Gasteiger partial charge on any atom is -0.358 e. The number of nitriles is 1. The van der Waals surface area contributed by atoms with Crippen LogP contribution in [0.1, 0.15) is 90.7 Å². The van der Waals surface area contributed by atoms with Crippen molar-refractivity contribution < 1.29 is 0 Å². The summed E-state index contributed by atoms with van der Waals surface area (Å²) in [5, 5.41) is 13.2. The molecule has 0 aromatic heterocycles. The van der Waals surface area contributed by atoms with Crippen molar-refractivity contribution in [3.05, 3.63) is 96.0 Å². The number of rotatable bonds is 15. The van der Waals surface area contributed by atoms with Crippen molar-refractivity contribution >= 4 is 0 Å². The molecule has 2 aliphatic rings. The molecule has 0 spiro atoms. The van der Waals surface area contributed by atoms with Crippen LogP contribution in [0.15, 0.2) is 84.9 Å². The molecule has 1 N–H and O–H groups in total. The first kappa shape index (κ1) is 40.0. The standard InChI is InChI=1S/C30H49N5.C8H10.C2H6/c1-6-9-11-14-28(22-31)24-33-19-16-30(17-20-33)32-23-29-15-21-34(25-29)27(5)35(18-12-10-7-2)26(4)13-8-3;1-7-5-3-4-6-8(7)2;1-2/h6,9,11,13-14,29-30,32H,1,5,7-8,10,12,15-21,23-25H2,2-4H3;3-6H,1-2H3;1-2H3/b11-9-,26-13?,28-14-;;. The maximum absolute atomic E-state index is 9.39. The van der Waals surface area contributed by atoms with Gasteiger partial charge in [0.25, 0.3) is 0 Å². The lowest BCUT2D eigenvalue weighted by molar-refractivity contribution is 0.208. The predicted octanol–water partition coefficient (Wildman–Crippen LogP) is 9.16.